The molecule has 3 rings (SSSR count). The molecule has 0 bridgehead atoms. The van der Waals surface area contributed by atoms with Crippen molar-refractivity contribution in [2.75, 3.05) is 12.3 Å². The summed E-state index contributed by atoms with van der Waals surface area (Å²) in [5.74, 6) is 2.44. The third-order valence-corrected chi connectivity index (χ3v) is 4.75. The molecular formula is C14H18N2OS. The smallest absolute Gasteiger partial charge is 0.220 e. The second-order valence-corrected chi connectivity index (χ2v) is 6.01. The number of hydrogen-bond acceptors (Lipinski definition) is 3. The zero-order valence-electron chi connectivity index (χ0n) is 10.3. The van der Waals surface area contributed by atoms with E-state index in [4.69, 9.17) is 0 Å². The Labute approximate surface area is 112 Å². The van der Waals surface area contributed by atoms with E-state index < -0.39 is 0 Å². The predicted octanol–water partition coefficient (Wildman–Crippen LogP) is 1.84. The molecule has 0 spiro atoms. The van der Waals surface area contributed by atoms with Crippen molar-refractivity contribution in [3.8, 4) is 0 Å². The Morgan fingerprint density at radius 3 is 3.11 bits per heavy atom. The van der Waals surface area contributed by atoms with Gasteiger partial charge in [0.15, 0.2) is 0 Å². The Balaban J connectivity index is 1.62. The lowest BCUT2D eigenvalue weighted by atomic mass is 10.0. The first-order valence-electron chi connectivity index (χ1n) is 6.51. The molecule has 0 radical (unpaired) electrons. The van der Waals surface area contributed by atoms with Gasteiger partial charge in [0.05, 0.1) is 0 Å². The lowest BCUT2D eigenvalue weighted by molar-refractivity contribution is -0.119. The van der Waals surface area contributed by atoms with Gasteiger partial charge in [-0.1, -0.05) is 24.3 Å². The van der Waals surface area contributed by atoms with Crippen molar-refractivity contribution in [1.29, 1.82) is 0 Å². The van der Waals surface area contributed by atoms with Gasteiger partial charge in [0.2, 0.25) is 5.91 Å². The van der Waals surface area contributed by atoms with E-state index in [-0.39, 0.29) is 5.91 Å². The third kappa shape index (κ3) is 2.54. The van der Waals surface area contributed by atoms with Crippen LogP contribution >= 0.6 is 11.8 Å². The molecule has 4 heteroatoms. The Morgan fingerprint density at radius 1 is 1.39 bits per heavy atom. The summed E-state index contributed by atoms with van der Waals surface area (Å²) in [7, 11) is 0. The Bertz CT molecular complexity index is 449. The summed E-state index contributed by atoms with van der Waals surface area (Å²) in [6.45, 7) is 0.880. The average Bonchev–Trinajstić information content (AvgIpc) is 2.82. The lowest BCUT2D eigenvalue weighted by Gasteiger charge is -2.27. The van der Waals surface area contributed by atoms with Gasteiger partial charge in [-0.15, -0.1) is 0 Å². The first kappa shape index (κ1) is 12.1. The summed E-state index contributed by atoms with van der Waals surface area (Å²) in [5, 5.41) is 6.61. The van der Waals surface area contributed by atoms with Crippen LogP contribution in [0, 0.1) is 0 Å². The fraction of sp³-hybridized carbons (Fsp3) is 0.500. The number of nitrogens with one attached hydrogen (secondary N) is 2. The molecule has 1 saturated heterocycles. The standard InChI is InChI=1S/C14H18N2OS/c17-14-6-5-11(16-14)7-15-13-9-18-8-10-3-1-2-4-12(10)13/h1-4,11,13,15H,5-9H2,(H,16,17). The van der Waals surface area contributed by atoms with Crippen molar-refractivity contribution in [2.45, 2.75) is 30.7 Å². The number of rotatable bonds is 3. The normalized spacial score (nSPS) is 26.8. The molecule has 2 heterocycles. The first-order valence-corrected chi connectivity index (χ1v) is 7.66. The molecule has 18 heavy (non-hydrogen) atoms. The highest BCUT2D eigenvalue weighted by atomic mass is 32.2. The summed E-state index contributed by atoms with van der Waals surface area (Å²) in [4.78, 5) is 11.2. The molecule has 2 N–H and O–H groups in total. The van der Waals surface area contributed by atoms with E-state index in [1.165, 1.54) is 11.1 Å². The molecule has 2 aliphatic heterocycles. The zero-order valence-corrected chi connectivity index (χ0v) is 11.1. The molecule has 1 aromatic rings. The minimum Gasteiger partial charge on any atom is -0.352 e. The van der Waals surface area contributed by atoms with Gasteiger partial charge >= 0.3 is 0 Å². The monoisotopic (exact) mass is 262 g/mol. The zero-order chi connectivity index (χ0) is 12.4. The van der Waals surface area contributed by atoms with Crippen molar-refractivity contribution in [1.82, 2.24) is 10.6 Å². The maximum absolute atomic E-state index is 11.2. The van der Waals surface area contributed by atoms with Crippen LogP contribution in [0.25, 0.3) is 0 Å². The number of fused-ring (bicyclic) bond motifs is 1. The van der Waals surface area contributed by atoms with E-state index in [1.54, 1.807) is 0 Å². The first-order chi connectivity index (χ1) is 8.83. The van der Waals surface area contributed by atoms with Crippen LogP contribution in [0.1, 0.15) is 30.0 Å². The number of thioether (sulfide) groups is 1. The predicted molar refractivity (Wildman–Crippen MR) is 74.5 cm³/mol. The SMILES string of the molecule is O=C1CCC(CNC2CSCc3ccccc32)N1. The maximum Gasteiger partial charge on any atom is 0.220 e. The van der Waals surface area contributed by atoms with Gasteiger partial charge in [0.1, 0.15) is 0 Å². The fourth-order valence-corrected chi connectivity index (χ4v) is 3.80. The Hall–Kier alpha value is -1.00. The molecule has 0 saturated carbocycles. The molecule has 0 aliphatic carbocycles. The highest BCUT2D eigenvalue weighted by Crippen LogP contribution is 2.31. The van der Waals surface area contributed by atoms with E-state index in [9.17, 15) is 4.79 Å². The van der Waals surface area contributed by atoms with Crippen LogP contribution in [0.5, 0.6) is 0 Å². The van der Waals surface area contributed by atoms with Crippen LogP contribution in [-0.4, -0.2) is 24.2 Å². The maximum atomic E-state index is 11.2. The summed E-state index contributed by atoms with van der Waals surface area (Å²) in [5.41, 5.74) is 2.88. The van der Waals surface area contributed by atoms with E-state index in [2.05, 4.69) is 34.9 Å². The van der Waals surface area contributed by atoms with Crippen molar-refractivity contribution in [3.63, 3.8) is 0 Å². The van der Waals surface area contributed by atoms with E-state index in [1.807, 2.05) is 11.8 Å². The van der Waals surface area contributed by atoms with Gasteiger partial charge in [0, 0.05) is 36.6 Å². The van der Waals surface area contributed by atoms with E-state index in [0.717, 1.165) is 24.5 Å². The largest absolute Gasteiger partial charge is 0.352 e. The van der Waals surface area contributed by atoms with Gasteiger partial charge in [-0.2, -0.15) is 11.8 Å². The van der Waals surface area contributed by atoms with Crippen molar-refractivity contribution >= 4 is 17.7 Å². The van der Waals surface area contributed by atoms with Crippen LogP contribution in [0.4, 0.5) is 0 Å². The van der Waals surface area contributed by atoms with Crippen molar-refractivity contribution in [3.05, 3.63) is 35.4 Å². The van der Waals surface area contributed by atoms with Gasteiger partial charge in [-0.05, 0) is 17.5 Å². The van der Waals surface area contributed by atoms with Crippen LogP contribution in [0.3, 0.4) is 0 Å². The number of carbonyl (C=O) groups excluding carboxylic acids is 1. The fourth-order valence-electron chi connectivity index (χ4n) is 2.67. The second-order valence-electron chi connectivity index (χ2n) is 4.98. The topological polar surface area (TPSA) is 41.1 Å². The highest BCUT2D eigenvalue weighted by Gasteiger charge is 2.24. The quantitative estimate of drug-likeness (QED) is 0.873. The number of amides is 1. The van der Waals surface area contributed by atoms with Gasteiger partial charge in [-0.25, -0.2) is 0 Å². The van der Waals surface area contributed by atoms with E-state index in [0.29, 0.717) is 18.5 Å². The summed E-state index contributed by atoms with van der Waals surface area (Å²) < 4.78 is 0. The van der Waals surface area contributed by atoms with Crippen LogP contribution < -0.4 is 10.6 Å². The number of hydrogen-bond donors (Lipinski definition) is 2. The number of carbonyl (C=O) groups is 1. The summed E-state index contributed by atoms with van der Waals surface area (Å²) in [6.07, 6.45) is 1.65. The van der Waals surface area contributed by atoms with Crippen molar-refractivity contribution < 1.29 is 4.79 Å². The summed E-state index contributed by atoms with van der Waals surface area (Å²) >= 11 is 1.98. The third-order valence-electron chi connectivity index (χ3n) is 3.67. The molecular weight excluding hydrogens is 244 g/mol. The highest BCUT2D eigenvalue weighted by molar-refractivity contribution is 7.98. The van der Waals surface area contributed by atoms with E-state index >= 15 is 0 Å². The molecule has 1 fully saturated rings. The van der Waals surface area contributed by atoms with Crippen molar-refractivity contribution in [2.24, 2.45) is 0 Å². The Morgan fingerprint density at radius 2 is 2.28 bits per heavy atom. The Kier molecular flexibility index (Phi) is 3.57. The minimum atomic E-state index is 0.195. The molecule has 96 valence electrons. The molecule has 0 aromatic heterocycles. The average molecular weight is 262 g/mol. The molecule has 2 atom stereocenters. The van der Waals surface area contributed by atoms with Gasteiger partial charge in [0.25, 0.3) is 0 Å². The van der Waals surface area contributed by atoms with Crippen LogP contribution in [0.2, 0.25) is 0 Å². The van der Waals surface area contributed by atoms with Gasteiger partial charge in [-0.3, -0.25) is 4.79 Å². The lowest BCUT2D eigenvalue weighted by Crippen LogP contribution is -2.38. The molecule has 3 nitrogen and oxygen atoms in total. The summed E-state index contributed by atoms with van der Waals surface area (Å²) in [6, 6.07) is 9.40. The van der Waals surface area contributed by atoms with Gasteiger partial charge < -0.3 is 10.6 Å². The second kappa shape index (κ2) is 5.33. The number of benzene rings is 1. The van der Waals surface area contributed by atoms with Crippen LogP contribution in [-0.2, 0) is 10.5 Å². The molecule has 2 aliphatic rings. The molecule has 1 aromatic carbocycles. The molecule has 2 unspecified atom stereocenters. The van der Waals surface area contributed by atoms with Crippen LogP contribution in [0.15, 0.2) is 24.3 Å². The minimum absolute atomic E-state index is 0.195. The molecule has 1 amide bonds.